The Hall–Kier alpha value is -0.860. The summed E-state index contributed by atoms with van der Waals surface area (Å²) >= 11 is 0. The largest absolute Gasteiger partial charge is 0.468 e. The van der Waals surface area contributed by atoms with E-state index in [0.717, 1.165) is 6.42 Å². The average molecular weight is 172 g/mol. The van der Waals surface area contributed by atoms with Gasteiger partial charge in [0.15, 0.2) is 0 Å². The Balaban J connectivity index is 4.43. The third-order valence-electron chi connectivity index (χ3n) is 2.11. The standard InChI is InChI=1S/C9H16O3/c1-5-6(2)8(7(3)10)9(11)12-4/h6,8H,5H2,1-4H3. The second-order valence-electron chi connectivity index (χ2n) is 3.00. The van der Waals surface area contributed by atoms with Gasteiger partial charge < -0.3 is 4.74 Å². The lowest BCUT2D eigenvalue weighted by atomic mass is 9.89. The van der Waals surface area contributed by atoms with Gasteiger partial charge in [-0.25, -0.2) is 0 Å². The van der Waals surface area contributed by atoms with E-state index in [1.165, 1.54) is 14.0 Å². The van der Waals surface area contributed by atoms with Crippen molar-refractivity contribution in [3.8, 4) is 0 Å². The smallest absolute Gasteiger partial charge is 0.316 e. The molecule has 3 heteroatoms. The molecule has 0 saturated heterocycles. The van der Waals surface area contributed by atoms with Crippen LogP contribution in [0.15, 0.2) is 0 Å². The monoisotopic (exact) mass is 172 g/mol. The van der Waals surface area contributed by atoms with Crippen molar-refractivity contribution in [2.24, 2.45) is 11.8 Å². The number of hydrogen-bond acceptors (Lipinski definition) is 3. The van der Waals surface area contributed by atoms with E-state index >= 15 is 0 Å². The molecule has 0 rings (SSSR count). The van der Waals surface area contributed by atoms with Crippen LogP contribution in [0.1, 0.15) is 27.2 Å². The molecule has 2 unspecified atom stereocenters. The SMILES string of the molecule is CCC(C)C(C(C)=O)C(=O)OC. The summed E-state index contributed by atoms with van der Waals surface area (Å²) in [4.78, 5) is 22.2. The molecule has 0 amide bonds. The molecule has 0 aliphatic carbocycles. The fourth-order valence-corrected chi connectivity index (χ4v) is 1.16. The van der Waals surface area contributed by atoms with Gasteiger partial charge in [0.25, 0.3) is 0 Å². The van der Waals surface area contributed by atoms with Crippen LogP contribution in [0.5, 0.6) is 0 Å². The van der Waals surface area contributed by atoms with Gasteiger partial charge in [0.1, 0.15) is 11.7 Å². The van der Waals surface area contributed by atoms with Gasteiger partial charge in [-0.15, -0.1) is 0 Å². The minimum absolute atomic E-state index is 0.0648. The molecule has 0 bridgehead atoms. The molecule has 12 heavy (non-hydrogen) atoms. The summed E-state index contributed by atoms with van der Waals surface area (Å²) in [7, 11) is 1.31. The summed E-state index contributed by atoms with van der Waals surface area (Å²) in [5.41, 5.74) is 0. The van der Waals surface area contributed by atoms with Gasteiger partial charge in [-0.2, -0.15) is 0 Å². The zero-order valence-corrected chi connectivity index (χ0v) is 8.09. The molecule has 0 saturated carbocycles. The molecule has 0 radical (unpaired) electrons. The number of carbonyl (C=O) groups excluding carboxylic acids is 2. The number of carbonyl (C=O) groups is 2. The van der Waals surface area contributed by atoms with Gasteiger partial charge in [0, 0.05) is 0 Å². The number of hydrogen-bond donors (Lipinski definition) is 0. The molecule has 0 N–H and O–H groups in total. The van der Waals surface area contributed by atoms with E-state index in [0.29, 0.717) is 0 Å². The molecule has 0 aliphatic heterocycles. The van der Waals surface area contributed by atoms with E-state index in [4.69, 9.17) is 0 Å². The molecular weight excluding hydrogens is 156 g/mol. The van der Waals surface area contributed by atoms with E-state index in [-0.39, 0.29) is 11.7 Å². The molecule has 0 aromatic carbocycles. The van der Waals surface area contributed by atoms with E-state index in [1.807, 2.05) is 13.8 Å². The van der Waals surface area contributed by atoms with Crippen LogP contribution < -0.4 is 0 Å². The highest BCUT2D eigenvalue weighted by Gasteiger charge is 2.28. The number of ketones is 1. The first-order valence-electron chi connectivity index (χ1n) is 4.12. The highest BCUT2D eigenvalue weighted by atomic mass is 16.5. The maximum absolute atomic E-state index is 11.1. The van der Waals surface area contributed by atoms with Gasteiger partial charge in [-0.3, -0.25) is 9.59 Å². The van der Waals surface area contributed by atoms with Crippen LogP contribution in [-0.4, -0.2) is 18.9 Å². The minimum atomic E-state index is -0.583. The van der Waals surface area contributed by atoms with E-state index in [2.05, 4.69) is 4.74 Å². The zero-order chi connectivity index (χ0) is 9.72. The van der Waals surface area contributed by atoms with E-state index < -0.39 is 11.9 Å². The Bertz CT molecular complexity index is 175. The summed E-state index contributed by atoms with van der Waals surface area (Å²) < 4.78 is 4.54. The third-order valence-corrected chi connectivity index (χ3v) is 2.11. The number of esters is 1. The topological polar surface area (TPSA) is 43.4 Å². The summed E-state index contributed by atoms with van der Waals surface area (Å²) in [6, 6.07) is 0. The van der Waals surface area contributed by atoms with Crippen LogP contribution in [0, 0.1) is 11.8 Å². The summed E-state index contributed by atoms with van der Waals surface area (Å²) in [5, 5.41) is 0. The summed E-state index contributed by atoms with van der Waals surface area (Å²) in [6.07, 6.45) is 0.805. The van der Waals surface area contributed by atoms with Crippen molar-refractivity contribution < 1.29 is 14.3 Å². The van der Waals surface area contributed by atoms with Gasteiger partial charge in [-0.1, -0.05) is 20.3 Å². The van der Waals surface area contributed by atoms with Crippen molar-refractivity contribution >= 4 is 11.8 Å². The Morgan fingerprint density at radius 2 is 1.92 bits per heavy atom. The van der Waals surface area contributed by atoms with Crippen LogP contribution >= 0.6 is 0 Å². The molecule has 0 spiro atoms. The second kappa shape index (κ2) is 4.91. The Morgan fingerprint density at radius 3 is 2.17 bits per heavy atom. The zero-order valence-electron chi connectivity index (χ0n) is 8.09. The lowest BCUT2D eigenvalue weighted by molar-refractivity contribution is -0.151. The molecule has 70 valence electrons. The van der Waals surface area contributed by atoms with Crippen LogP contribution in [-0.2, 0) is 14.3 Å². The lowest BCUT2D eigenvalue weighted by Gasteiger charge is -2.16. The first kappa shape index (κ1) is 11.1. The second-order valence-corrected chi connectivity index (χ2v) is 3.00. The van der Waals surface area contributed by atoms with Crippen molar-refractivity contribution in [3.63, 3.8) is 0 Å². The van der Waals surface area contributed by atoms with Crippen molar-refractivity contribution in [1.82, 2.24) is 0 Å². The quantitative estimate of drug-likeness (QED) is 0.475. The normalized spacial score (nSPS) is 15.0. The molecule has 0 heterocycles. The maximum Gasteiger partial charge on any atom is 0.316 e. The molecular formula is C9H16O3. The van der Waals surface area contributed by atoms with Crippen molar-refractivity contribution in [1.29, 1.82) is 0 Å². The average Bonchev–Trinajstić information content (AvgIpc) is 2.03. The number of Topliss-reactive ketones (excluding diaryl/α,β-unsaturated/α-hetero) is 1. The third kappa shape index (κ3) is 2.64. The fourth-order valence-electron chi connectivity index (χ4n) is 1.16. The molecule has 0 aromatic heterocycles. The highest BCUT2D eigenvalue weighted by molar-refractivity contribution is 5.97. The van der Waals surface area contributed by atoms with Crippen LogP contribution in [0.25, 0.3) is 0 Å². The first-order chi connectivity index (χ1) is 5.54. The number of methoxy groups -OCH3 is 1. The molecule has 0 aromatic rings. The predicted octanol–water partition coefficient (Wildman–Crippen LogP) is 1.41. The lowest BCUT2D eigenvalue weighted by Crippen LogP contribution is -2.29. The van der Waals surface area contributed by atoms with Gasteiger partial charge >= 0.3 is 5.97 Å². The van der Waals surface area contributed by atoms with E-state index in [1.54, 1.807) is 0 Å². The van der Waals surface area contributed by atoms with Crippen molar-refractivity contribution in [3.05, 3.63) is 0 Å². The number of ether oxygens (including phenoxy) is 1. The fraction of sp³-hybridized carbons (Fsp3) is 0.778. The minimum Gasteiger partial charge on any atom is -0.468 e. The summed E-state index contributed by atoms with van der Waals surface area (Å²) in [5.74, 6) is -1.05. The maximum atomic E-state index is 11.1. The molecule has 2 atom stereocenters. The van der Waals surface area contributed by atoms with Gasteiger partial charge in [0.2, 0.25) is 0 Å². The van der Waals surface area contributed by atoms with Crippen LogP contribution in [0.3, 0.4) is 0 Å². The highest BCUT2D eigenvalue weighted by Crippen LogP contribution is 2.17. The molecule has 0 fully saturated rings. The van der Waals surface area contributed by atoms with Crippen molar-refractivity contribution in [2.75, 3.05) is 7.11 Å². The predicted molar refractivity (Wildman–Crippen MR) is 45.6 cm³/mol. The Labute approximate surface area is 73.1 Å². The first-order valence-corrected chi connectivity index (χ1v) is 4.12. The van der Waals surface area contributed by atoms with Gasteiger partial charge in [-0.05, 0) is 12.8 Å². The molecule has 3 nitrogen and oxygen atoms in total. The van der Waals surface area contributed by atoms with E-state index in [9.17, 15) is 9.59 Å². The summed E-state index contributed by atoms with van der Waals surface area (Å²) in [6.45, 7) is 5.25. The Kier molecular flexibility index (Phi) is 4.55. The number of rotatable bonds is 4. The molecule has 0 aliphatic rings. The Morgan fingerprint density at radius 1 is 1.42 bits per heavy atom. The van der Waals surface area contributed by atoms with Gasteiger partial charge in [0.05, 0.1) is 7.11 Å². The van der Waals surface area contributed by atoms with Crippen LogP contribution in [0.4, 0.5) is 0 Å². The van der Waals surface area contributed by atoms with Crippen molar-refractivity contribution in [2.45, 2.75) is 27.2 Å². The van der Waals surface area contributed by atoms with Crippen LogP contribution in [0.2, 0.25) is 0 Å².